The second-order valence-electron chi connectivity index (χ2n) is 6.44. The van der Waals surface area contributed by atoms with Gasteiger partial charge in [-0.05, 0) is 30.4 Å². The Morgan fingerprint density at radius 3 is 2.87 bits per heavy atom. The van der Waals surface area contributed by atoms with E-state index in [-0.39, 0.29) is 24.5 Å². The maximum atomic E-state index is 11.8. The lowest BCUT2D eigenvalue weighted by Gasteiger charge is -2.13. The number of hydrogen-bond donors (Lipinski definition) is 3. The van der Waals surface area contributed by atoms with Crippen molar-refractivity contribution in [3.05, 3.63) is 47.8 Å². The van der Waals surface area contributed by atoms with Gasteiger partial charge in [-0.2, -0.15) is 5.10 Å². The molecule has 0 aliphatic heterocycles. The standard InChI is InChI=1S/C17H21N5O/c18-15-7-16(14-4-2-1-3-13(14)15)20-12-8-19-22(9-12)10-17(23)21-11-5-6-11/h1-4,8-9,11,15-16,20H,5-7,10,18H2,(H,21,23). The number of hydrogen-bond acceptors (Lipinski definition) is 4. The first kappa shape index (κ1) is 14.3. The van der Waals surface area contributed by atoms with Crippen molar-refractivity contribution in [1.29, 1.82) is 0 Å². The number of anilines is 1. The molecule has 1 aromatic carbocycles. The third kappa shape index (κ3) is 3.07. The molecule has 23 heavy (non-hydrogen) atoms. The van der Waals surface area contributed by atoms with E-state index in [9.17, 15) is 4.79 Å². The quantitative estimate of drug-likeness (QED) is 0.785. The van der Waals surface area contributed by atoms with Gasteiger partial charge in [-0.1, -0.05) is 24.3 Å². The summed E-state index contributed by atoms with van der Waals surface area (Å²) in [5, 5.41) is 10.7. The first-order chi connectivity index (χ1) is 11.2. The van der Waals surface area contributed by atoms with Gasteiger partial charge < -0.3 is 16.4 Å². The second-order valence-corrected chi connectivity index (χ2v) is 6.44. The van der Waals surface area contributed by atoms with Gasteiger partial charge in [-0.15, -0.1) is 0 Å². The lowest BCUT2D eigenvalue weighted by molar-refractivity contribution is -0.122. The van der Waals surface area contributed by atoms with E-state index in [2.05, 4.69) is 27.9 Å². The number of nitrogens with one attached hydrogen (secondary N) is 2. The SMILES string of the molecule is NC1CC(Nc2cnn(CC(=O)NC3CC3)c2)c2ccccc21. The molecule has 4 rings (SSSR count). The molecule has 120 valence electrons. The normalized spacial score (nSPS) is 22.7. The summed E-state index contributed by atoms with van der Waals surface area (Å²) >= 11 is 0. The van der Waals surface area contributed by atoms with Crippen molar-refractivity contribution in [3.63, 3.8) is 0 Å². The summed E-state index contributed by atoms with van der Waals surface area (Å²) in [7, 11) is 0. The van der Waals surface area contributed by atoms with E-state index in [0.29, 0.717) is 6.04 Å². The molecule has 2 aliphatic rings. The van der Waals surface area contributed by atoms with Crippen molar-refractivity contribution < 1.29 is 4.79 Å². The van der Waals surface area contributed by atoms with Crippen LogP contribution in [-0.2, 0) is 11.3 Å². The van der Waals surface area contributed by atoms with Gasteiger partial charge in [0.15, 0.2) is 0 Å². The highest BCUT2D eigenvalue weighted by Gasteiger charge is 2.28. The molecule has 1 saturated carbocycles. The fourth-order valence-corrected chi connectivity index (χ4v) is 3.18. The predicted molar refractivity (Wildman–Crippen MR) is 87.7 cm³/mol. The van der Waals surface area contributed by atoms with Crippen molar-refractivity contribution in [2.24, 2.45) is 5.73 Å². The molecule has 6 nitrogen and oxygen atoms in total. The van der Waals surface area contributed by atoms with Crippen LogP contribution in [0.2, 0.25) is 0 Å². The monoisotopic (exact) mass is 311 g/mol. The van der Waals surface area contributed by atoms with Crippen LogP contribution in [-0.4, -0.2) is 21.7 Å². The molecular formula is C17H21N5O. The number of benzene rings is 1. The van der Waals surface area contributed by atoms with Crippen molar-refractivity contribution in [3.8, 4) is 0 Å². The van der Waals surface area contributed by atoms with Crippen LogP contribution in [0.25, 0.3) is 0 Å². The molecule has 2 atom stereocenters. The van der Waals surface area contributed by atoms with E-state index < -0.39 is 0 Å². The molecule has 0 radical (unpaired) electrons. The highest BCUT2D eigenvalue weighted by Crippen LogP contribution is 2.38. The second kappa shape index (κ2) is 5.70. The van der Waals surface area contributed by atoms with E-state index in [0.717, 1.165) is 24.9 Å². The number of amides is 1. The maximum Gasteiger partial charge on any atom is 0.241 e. The van der Waals surface area contributed by atoms with E-state index in [4.69, 9.17) is 5.73 Å². The summed E-state index contributed by atoms with van der Waals surface area (Å²) in [6.45, 7) is 0.263. The van der Waals surface area contributed by atoms with Crippen molar-refractivity contribution in [2.75, 3.05) is 5.32 Å². The van der Waals surface area contributed by atoms with Gasteiger partial charge in [0.2, 0.25) is 5.91 Å². The lowest BCUT2D eigenvalue weighted by Crippen LogP contribution is -2.29. The molecule has 1 aromatic heterocycles. The van der Waals surface area contributed by atoms with Crippen LogP contribution in [0.15, 0.2) is 36.7 Å². The Labute approximate surface area is 135 Å². The molecule has 4 N–H and O–H groups in total. The summed E-state index contributed by atoms with van der Waals surface area (Å²) in [6.07, 6.45) is 6.69. The summed E-state index contributed by atoms with van der Waals surface area (Å²) in [4.78, 5) is 11.8. The maximum absolute atomic E-state index is 11.8. The van der Waals surface area contributed by atoms with Crippen LogP contribution < -0.4 is 16.4 Å². The minimum absolute atomic E-state index is 0.0235. The molecule has 1 fully saturated rings. The van der Waals surface area contributed by atoms with E-state index >= 15 is 0 Å². The average molecular weight is 311 g/mol. The summed E-state index contributed by atoms with van der Waals surface area (Å²) in [5.74, 6) is 0.0235. The van der Waals surface area contributed by atoms with Crippen molar-refractivity contribution >= 4 is 11.6 Å². The lowest BCUT2D eigenvalue weighted by atomic mass is 10.1. The van der Waals surface area contributed by atoms with Crippen molar-refractivity contribution in [1.82, 2.24) is 15.1 Å². The highest BCUT2D eigenvalue weighted by molar-refractivity contribution is 5.76. The largest absolute Gasteiger partial charge is 0.376 e. The minimum atomic E-state index is 0.0235. The topological polar surface area (TPSA) is 85.0 Å². The Bertz CT molecular complexity index is 721. The molecule has 2 aliphatic carbocycles. The zero-order valence-electron chi connectivity index (χ0n) is 12.9. The first-order valence-electron chi connectivity index (χ1n) is 8.12. The fourth-order valence-electron chi connectivity index (χ4n) is 3.18. The molecule has 2 unspecified atom stereocenters. The van der Waals surface area contributed by atoms with Gasteiger partial charge in [0.25, 0.3) is 0 Å². The smallest absolute Gasteiger partial charge is 0.241 e. The van der Waals surface area contributed by atoms with Crippen LogP contribution in [0.3, 0.4) is 0 Å². The van der Waals surface area contributed by atoms with Crippen LogP contribution >= 0.6 is 0 Å². The number of carbonyl (C=O) groups is 1. The van der Waals surface area contributed by atoms with E-state index in [1.54, 1.807) is 10.9 Å². The number of aromatic nitrogens is 2. The number of carbonyl (C=O) groups excluding carboxylic acids is 1. The van der Waals surface area contributed by atoms with Gasteiger partial charge in [-0.3, -0.25) is 9.48 Å². The Balaban J connectivity index is 1.41. The number of rotatable bonds is 5. The van der Waals surface area contributed by atoms with Crippen LogP contribution in [0.1, 0.15) is 42.5 Å². The summed E-state index contributed by atoms with van der Waals surface area (Å²) in [6, 6.07) is 8.92. The van der Waals surface area contributed by atoms with Crippen LogP contribution in [0.4, 0.5) is 5.69 Å². The zero-order valence-corrected chi connectivity index (χ0v) is 12.9. The van der Waals surface area contributed by atoms with Crippen LogP contribution in [0.5, 0.6) is 0 Å². The highest BCUT2D eigenvalue weighted by atomic mass is 16.2. The molecule has 0 spiro atoms. The Kier molecular flexibility index (Phi) is 3.53. The Morgan fingerprint density at radius 2 is 2.09 bits per heavy atom. The predicted octanol–water partition coefficient (Wildman–Crippen LogP) is 1.72. The van der Waals surface area contributed by atoms with Gasteiger partial charge in [0.1, 0.15) is 6.54 Å². The Morgan fingerprint density at radius 1 is 1.30 bits per heavy atom. The molecule has 0 bridgehead atoms. The molecule has 1 amide bonds. The fraction of sp³-hybridized carbons (Fsp3) is 0.412. The number of fused-ring (bicyclic) bond motifs is 1. The van der Waals surface area contributed by atoms with E-state index in [1.807, 2.05) is 18.3 Å². The zero-order chi connectivity index (χ0) is 15.8. The first-order valence-corrected chi connectivity index (χ1v) is 8.12. The number of nitrogens with two attached hydrogens (primary N) is 1. The summed E-state index contributed by atoms with van der Waals surface area (Å²) < 4.78 is 1.67. The van der Waals surface area contributed by atoms with Gasteiger partial charge in [-0.25, -0.2) is 0 Å². The van der Waals surface area contributed by atoms with Crippen molar-refractivity contribution in [2.45, 2.75) is 43.9 Å². The average Bonchev–Trinajstić information content (AvgIpc) is 3.15. The minimum Gasteiger partial charge on any atom is -0.376 e. The Hall–Kier alpha value is -2.34. The van der Waals surface area contributed by atoms with Gasteiger partial charge >= 0.3 is 0 Å². The third-order valence-electron chi connectivity index (χ3n) is 4.48. The number of nitrogens with zero attached hydrogens (tertiary/aromatic N) is 2. The van der Waals surface area contributed by atoms with Gasteiger partial charge in [0.05, 0.1) is 17.9 Å². The molecule has 0 saturated heterocycles. The summed E-state index contributed by atoms with van der Waals surface area (Å²) in [5.41, 5.74) is 9.57. The van der Waals surface area contributed by atoms with Gasteiger partial charge in [0, 0.05) is 18.3 Å². The molecular weight excluding hydrogens is 290 g/mol. The van der Waals surface area contributed by atoms with Crippen LogP contribution in [0, 0.1) is 0 Å². The molecule has 6 heteroatoms. The molecule has 2 aromatic rings. The third-order valence-corrected chi connectivity index (χ3v) is 4.48. The van der Waals surface area contributed by atoms with E-state index in [1.165, 1.54) is 11.1 Å². The molecule has 1 heterocycles.